The molecule has 1 nitrogen and oxygen atoms in total. The number of nitrogens with two attached hydrogens (primary N) is 1. The molecule has 2 heteroatoms. The van der Waals surface area contributed by atoms with Crippen molar-refractivity contribution in [2.45, 2.75) is 20.3 Å². The second-order valence-electron chi connectivity index (χ2n) is 4.41. The lowest BCUT2D eigenvalue weighted by Gasteiger charge is -2.11. The SMILES string of the molecule is Cc1cc(N)c(C)c(Cc2ccccc2Cl)c1. The standard InChI is InChI=1S/C15H16ClN/c1-10-7-13(11(2)15(17)8-10)9-12-5-3-4-6-14(12)16/h3-8H,9,17H2,1-2H3. The number of rotatable bonds is 2. The zero-order chi connectivity index (χ0) is 12.4. The fourth-order valence-corrected chi connectivity index (χ4v) is 2.20. The average Bonchev–Trinajstić information content (AvgIpc) is 2.28. The lowest BCUT2D eigenvalue weighted by Crippen LogP contribution is -1.98. The number of hydrogen-bond donors (Lipinski definition) is 1. The summed E-state index contributed by atoms with van der Waals surface area (Å²) >= 11 is 6.17. The molecule has 0 fully saturated rings. The number of hydrogen-bond acceptors (Lipinski definition) is 1. The van der Waals surface area contributed by atoms with E-state index in [0.717, 1.165) is 28.3 Å². The van der Waals surface area contributed by atoms with Crippen LogP contribution in [0, 0.1) is 13.8 Å². The van der Waals surface area contributed by atoms with Gasteiger partial charge in [0.05, 0.1) is 0 Å². The van der Waals surface area contributed by atoms with Crippen molar-refractivity contribution in [3.8, 4) is 0 Å². The molecule has 0 atom stereocenters. The van der Waals surface area contributed by atoms with Crippen LogP contribution in [-0.4, -0.2) is 0 Å². The molecule has 0 unspecified atom stereocenters. The largest absolute Gasteiger partial charge is 0.398 e. The molecule has 0 aliphatic rings. The first-order valence-electron chi connectivity index (χ1n) is 5.67. The molecule has 0 saturated heterocycles. The summed E-state index contributed by atoms with van der Waals surface area (Å²) in [6.07, 6.45) is 0.831. The zero-order valence-corrected chi connectivity index (χ0v) is 10.9. The Labute approximate surface area is 107 Å². The third-order valence-corrected chi connectivity index (χ3v) is 3.41. The van der Waals surface area contributed by atoms with Gasteiger partial charge in [0.25, 0.3) is 0 Å². The fraction of sp³-hybridized carbons (Fsp3) is 0.200. The first-order valence-corrected chi connectivity index (χ1v) is 6.04. The second-order valence-corrected chi connectivity index (χ2v) is 4.81. The van der Waals surface area contributed by atoms with E-state index in [1.807, 2.05) is 24.3 Å². The summed E-state index contributed by atoms with van der Waals surface area (Å²) in [5, 5.41) is 0.812. The molecule has 17 heavy (non-hydrogen) atoms. The number of halogens is 1. The first kappa shape index (κ1) is 12.0. The average molecular weight is 246 g/mol. The van der Waals surface area contributed by atoms with Crippen molar-refractivity contribution < 1.29 is 0 Å². The molecule has 0 aromatic heterocycles. The minimum absolute atomic E-state index is 0.812. The Morgan fingerprint density at radius 3 is 2.47 bits per heavy atom. The van der Waals surface area contributed by atoms with E-state index in [4.69, 9.17) is 17.3 Å². The Bertz CT molecular complexity index is 547. The topological polar surface area (TPSA) is 26.0 Å². The molecule has 0 saturated carbocycles. The highest BCUT2D eigenvalue weighted by molar-refractivity contribution is 6.31. The van der Waals surface area contributed by atoms with Gasteiger partial charge in [0, 0.05) is 10.7 Å². The van der Waals surface area contributed by atoms with Crippen molar-refractivity contribution in [3.63, 3.8) is 0 Å². The van der Waals surface area contributed by atoms with Gasteiger partial charge in [-0.3, -0.25) is 0 Å². The third kappa shape index (κ3) is 2.62. The van der Waals surface area contributed by atoms with Gasteiger partial charge in [0.2, 0.25) is 0 Å². The summed E-state index contributed by atoms with van der Waals surface area (Å²) in [6, 6.07) is 12.1. The smallest absolute Gasteiger partial charge is 0.0441 e. The Hall–Kier alpha value is -1.47. The van der Waals surface area contributed by atoms with Crippen LogP contribution in [0.5, 0.6) is 0 Å². The molecule has 0 aliphatic carbocycles. The second kappa shape index (κ2) is 4.80. The van der Waals surface area contributed by atoms with Crippen LogP contribution in [0.25, 0.3) is 0 Å². The third-order valence-electron chi connectivity index (χ3n) is 3.04. The van der Waals surface area contributed by atoms with E-state index >= 15 is 0 Å². The molecule has 0 amide bonds. The maximum absolute atomic E-state index is 6.17. The highest BCUT2D eigenvalue weighted by Crippen LogP contribution is 2.24. The van der Waals surface area contributed by atoms with Crippen molar-refractivity contribution >= 4 is 17.3 Å². The molecular weight excluding hydrogens is 230 g/mol. The van der Waals surface area contributed by atoms with Crippen LogP contribution < -0.4 is 5.73 Å². The fourth-order valence-electron chi connectivity index (χ4n) is 1.99. The van der Waals surface area contributed by atoms with Crippen molar-refractivity contribution in [1.29, 1.82) is 0 Å². The van der Waals surface area contributed by atoms with Gasteiger partial charge < -0.3 is 5.73 Å². The van der Waals surface area contributed by atoms with Crippen LogP contribution in [0.15, 0.2) is 36.4 Å². The summed E-state index contributed by atoms with van der Waals surface area (Å²) < 4.78 is 0. The molecule has 2 N–H and O–H groups in total. The maximum Gasteiger partial charge on any atom is 0.0441 e. The monoisotopic (exact) mass is 245 g/mol. The molecule has 0 spiro atoms. The lowest BCUT2D eigenvalue weighted by atomic mass is 9.97. The molecule has 2 aromatic carbocycles. The van der Waals surface area contributed by atoms with Crippen molar-refractivity contribution in [1.82, 2.24) is 0 Å². The van der Waals surface area contributed by atoms with Crippen LogP contribution in [0.3, 0.4) is 0 Å². The van der Waals surface area contributed by atoms with E-state index in [0.29, 0.717) is 0 Å². The van der Waals surface area contributed by atoms with Gasteiger partial charge in [-0.2, -0.15) is 0 Å². The van der Waals surface area contributed by atoms with Gasteiger partial charge in [-0.1, -0.05) is 35.9 Å². The van der Waals surface area contributed by atoms with Crippen molar-refractivity contribution in [3.05, 3.63) is 63.7 Å². The maximum atomic E-state index is 6.17. The number of nitrogen functional groups attached to an aromatic ring is 1. The molecule has 0 heterocycles. The van der Waals surface area contributed by atoms with Crippen LogP contribution in [-0.2, 0) is 6.42 Å². The predicted octanol–water partition coefficient (Wildman–Crippen LogP) is 4.13. The summed E-state index contributed by atoms with van der Waals surface area (Å²) in [5.41, 5.74) is 11.6. The quantitative estimate of drug-likeness (QED) is 0.791. The Balaban J connectivity index is 2.40. The Morgan fingerprint density at radius 2 is 1.76 bits per heavy atom. The number of aryl methyl sites for hydroxylation is 1. The van der Waals surface area contributed by atoms with Gasteiger partial charge in [0.1, 0.15) is 0 Å². The molecule has 0 radical (unpaired) electrons. The van der Waals surface area contributed by atoms with Crippen LogP contribution >= 0.6 is 11.6 Å². The number of anilines is 1. The zero-order valence-electron chi connectivity index (χ0n) is 10.1. The first-order chi connectivity index (χ1) is 8.08. The minimum atomic E-state index is 0.812. The van der Waals surface area contributed by atoms with Gasteiger partial charge in [-0.05, 0) is 54.7 Å². The predicted molar refractivity (Wildman–Crippen MR) is 74.6 cm³/mol. The molecule has 88 valence electrons. The van der Waals surface area contributed by atoms with E-state index < -0.39 is 0 Å². The summed E-state index contributed by atoms with van der Waals surface area (Å²) in [4.78, 5) is 0. The molecule has 0 bridgehead atoms. The van der Waals surface area contributed by atoms with E-state index in [9.17, 15) is 0 Å². The summed E-state index contributed by atoms with van der Waals surface area (Å²) in [7, 11) is 0. The van der Waals surface area contributed by atoms with Crippen LogP contribution in [0.4, 0.5) is 5.69 Å². The normalized spacial score (nSPS) is 10.5. The Morgan fingerprint density at radius 1 is 1.06 bits per heavy atom. The molecule has 2 rings (SSSR count). The summed E-state index contributed by atoms with van der Waals surface area (Å²) in [6.45, 7) is 4.12. The minimum Gasteiger partial charge on any atom is -0.398 e. The van der Waals surface area contributed by atoms with Crippen molar-refractivity contribution in [2.24, 2.45) is 0 Å². The van der Waals surface area contributed by atoms with Crippen LogP contribution in [0.1, 0.15) is 22.3 Å². The highest BCUT2D eigenvalue weighted by atomic mass is 35.5. The molecular formula is C15H16ClN. The van der Waals surface area contributed by atoms with E-state index in [1.165, 1.54) is 11.1 Å². The van der Waals surface area contributed by atoms with Gasteiger partial charge >= 0.3 is 0 Å². The Kier molecular flexibility index (Phi) is 3.39. The summed E-state index contributed by atoms with van der Waals surface area (Å²) in [5.74, 6) is 0. The number of benzene rings is 2. The van der Waals surface area contributed by atoms with E-state index in [1.54, 1.807) is 0 Å². The molecule has 2 aromatic rings. The van der Waals surface area contributed by atoms with Crippen molar-refractivity contribution in [2.75, 3.05) is 5.73 Å². The van der Waals surface area contributed by atoms with E-state index in [-0.39, 0.29) is 0 Å². The lowest BCUT2D eigenvalue weighted by molar-refractivity contribution is 1.15. The molecule has 0 aliphatic heterocycles. The highest BCUT2D eigenvalue weighted by Gasteiger charge is 2.06. The van der Waals surface area contributed by atoms with Crippen LogP contribution in [0.2, 0.25) is 5.02 Å². The van der Waals surface area contributed by atoms with E-state index in [2.05, 4.69) is 26.0 Å². The van der Waals surface area contributed by atoms with Gasteiger partial charge in [0.15, 0.2) is 0 Å². The van der Waals surface area contributed by atoms with Gasteiger partial charge in [-0.15, -0.1) is 0 Å². The van der Waals surface area contributed by atoms with Gasteiger partial charge in [-0.25, -0.2) is 0 Å².